The molecule has 0 amide bonds. The maximum Gasteiger partial charge on any atom is 0.122 e. The monoisotopic (exact) mass is 365 g/mol. The van der Waals surface area contributed by atoms with Gasteiger partial charge in [0.2, 0.25) is 0 Å². The van der Waals surface area contributed by atoms with Crippen molar-refractivity contribution < 1.29 is 9.47 Å². The highest BCUT2D eigenvalue weighted by Gasteiger charge is 2.16. The van der Waals surface area contributed by atoms with Gasteiger partial charge in [0.1, 0.15) is 24.7 Å². The van der Waals surface area contributed by atoms with Crippen molar-refractivity contribution in [3.8, 4) is 17.6 Å². The average molecular weight is 365 g/mol. The fraction of sp³-hybridized carbons (Fsp3) is 0.409. The lowest BCUT2D eigenvalue weighted by Crippen LogP contribution is -2.46. The minimum Gasteiger partial charge on any atom is -0.490 e. The van der Waals surface area contributed by atoms with Gasteiger partial charge in [0.05, 0.1) is 6.07 Å². The Kier molecular flexibility index (Phi) is 7.52. The molecule has 2 aromatic rings. The van der Waals surface area contributed by atoms with Gasteiger partial charge in [-0.05, 0) is 29.8 Å². The fourth-order valence-corrected chi connectivity index (χ4v) is 3.16. The van der Waals surface area contributed by atoms with E-state index in [9.17, 15) is 0 Å². The van der Waals surface area contributed by atoms with Crippen LogP contribution in [0.25, 0.3) is 0 Å². The molecule has 3 rings (SSSR count). The van der Waals surface area contributed by atoms with Crippen molar-refractivity contribution in [3.05, 3.63) is 60.2 Å². The molecule has 1 heterocycles. The van der Waals surface area contributed by atoms with Gasteiger partial charge in [-0.3, -0.25) is 9.80 Å². The first kappa shape index (κ1) is 19.2. The summed E-state index contributed by atoms with van der Waals surface area (Å²) in [5.41, 5.74) is 1.30. The summed E-state index contributed by atoms with van der Waals surface area (Å²) in [6.07, 6.45) is 0.623. The van der Waals surface area contributed by atoms with E-state index < -0.39 is 0 Å². The van der Waals surface area contributed by atoms with Crippen molar-refractivity contribution in [2.75, 3.05) is 45.9 Å². The SMILES string of the molecule is N#CCCN1CCN(Cc2ccc(OCCOc3ccccc3)cc2)CC1. The standard InChI is InChI=1S/C22H27N3O2/c23-11-4-12-24-13-15-25(16-14-24)19-20-7-9-22(10-8-20)27-18-17-26-21-5-2-1-3-6-21/h1-3,5-10H,4,12-19H2. The maximum absolute atomic E-state index is 8.68. The van der Waals surface area contributed by atoms with E-state index in [1.54, 1.807) is 0 Å². The van der Waals surface area contributed by atoms with Crippen LogP contribution in [0.2, 0.25) is 0 Å². The number of hydrogen-bond acceptors (Lipinski definition) is 5. The zero-order chi connectivity index (χ0) is 18.7. The minimum absolute atomic E-state index is 0.527. The zero-order valence-electron chi connectivity index (χ0n) is 15.7. The molecule has 0 atom stereocenters. The Bertz CT molecular complexity index is 705. The number of benzene rings is 2. The molecule has 0 bridgehead atoms. The van der Waals surface area contributed by atoms with E-state index in [2.05, 4.69) is 28.0 Å². The number of para-hydroxylation sites is 1. The first-order chi connectivity index (χ1) is 13.3. The van der Waals surface area contributed by atoms with E-state index in [0.29, 0.717) is 19.6 Å². The molecule has 0 N–H and O–H groups in total. The van der Waals surface area contributed by atoms with Crippen molar-refractivity contribution in [1.29, 1.82) is 5.26 Å². The van der Waals surface area contributed by atoms with Crippen molar-refractivity contribution in [3.63, 3.8) is 0 Å². The van der Waals surface area contributed by atoms with Crippen LogP contribution in [0.1, 0.15) is 12.0 Å². The molecular weight excluding hydrogens is 338 g/mol. The largest absolute Gasteiger partial charge is 0.490 e. The summed E-state index contributed by atoms with van der Waals surface area (Å²) in [5, 5.41) is 8.68. The van der Waals surface area contributed by atoms with Crippen molar-refractivity contribution in [2.24, 2.45) is 0 Å². The predicted octanol–water partition coefficient (Wildman–Crippen LogP) is 3.18. The lowest BCUT2D eigenvalue weighted by Gasteiger charge is -2.34. The Labute approximate surface area is 161 Å². The molecule has 5 heteroatoms. The predicted molar refractivity (Wildman–Crippen MR) is 106 cm³/mol. The van der Waals surface area contributed by atoms with E-state index >= 15 is 0 Å². The van der Waals surface area contributed by atoms with Crippen LogP contribution in [0.3, 0.4) is 0 Å². The molecule has 1 aliphatic rings. The summed E-state index contributed by atoms with van der Waals surface area (Å²) < 4.78 is 11.4. The third-order valence-corrected chi connectivity index (χ3v) is 4.70. The molecule has 2 aromatic carbocycles. The van der Waals surface area contributed by atoms with E-state index in [1.165, 1.54) is 5.56 Å². The topological polar surface area (TPSA) is 48.7 Å². The summed E-state index contributed by atoms with van der Waals surface area (Å²) in [6, 6.07) is 20.3. The summed E-state index contributed by atoms with van der Waals surface area (Å²) in [7, 11) is 0. The molecule has 1 saturated heterocycles. The third-order valence-electron chi connectivity index (χ3n) is 4.70. The second-order valence-corrected chi connectivity index (χ2v) is 6.68. The second kappa shape index (κ2) is 10.6. The van der Waals surface area contributed by atoms with Crippen molar-refractivity contribution in [1.82, 2.24) is 9.80 Å². The lowest BCUT2D eigenvalue weighted by molar-refractivity contribution is 0.129. The lowest BCUT2D eigenvalue weighted by atomic mass is 10.2. The Morgan fingerprint density at radius 2 is 1.37 bits per heavy atom. The van der Waals surface area contributed by atoms with Crippen LogP contribution >= 0.6 is 0 Å². The number of piperazine rings is 1. The van der Waals surface area contributed by atoms with Gasteiger partial charge in [0.25, 0.3) is 0 Å². The first-order valence-corrected chi connectivity index (χ1v) is 9.55. The van der Waals surface area contributed by atoms with Gasteiger partial charge in [-0.1, -0.05) is 30.3 Å². The summed E-state index contributed by atoms with van der Waals surface area (Å²) in [6.45, 7) is 7.12. The average Bonchev–Trinajstić information content (AvgIpc) is 2.73. The highest BCUT2D eigenvalue weighted by molar-refractivity contribution is 5.27. The maximum atomic E-state index is 8.68. The molecule has 0 saturated carbocycles. The number of nitriles is 1. The second-order valence-electron chi connectivity index (χ2n) is 6.68. The van der Waals surface area contributed by atoms with Crippen LogP contribution in [0, 0.1) is 11.3 Å². The molecule has 0 radical (unpaired) electrons. The third kappa shape index (κ3) is 6.59. The number of hydrogen-bond donors (Lipinski definition) is 0. The Morgan fingerprint density at radius 3 is 2.00 bits per heavy atom. The number of nitrogens with zero attached hydrogens (tertiary/aromatic N) is 3. The zero-order valence-corrected chi connectivity index (χ0v) is 15.7. The molecule has 1 fully saturated rings. The van der Waals surface area contributed by atoms with Gasteiger partial charge in [-0.15, -0.1) is 0 Å². The molecule has 0 aliphatic carbocycles. The molecule has 142 valence electrons. The normalized spacial score (nSPS) is 15.2. The first-order valence-electron chi connectivity index (χ1n) is 9.55. The molecule has 1 aliphatic heterocycles. The van der Waals surface area contributed by atoms with Gasteiger partial charge in [0, 0.05) is 45.7 Å². The van der Waals surface area contributed by atoms with Gasteiger partial charge in [-0.25, -0.2) is 0 Å². The van der Waals surface area contributed by atoms with Gasteiger partial charge < -0.3 is 9.47 Å². The highest BCUT2D eigenvalue weighted by Crippen LogP contribution is 2.15. The van der Waals surface area contributed by atoms with E-state index in [0.717, 1.165) is 50.8 Å². The Morgan fingerprint density at radius 1 is 0.778 bits per heavy atom. The van der Waals surface area contributed by atoms with E-state index in [1.807, 2.05) is 42.5 Å². The summed E-state index contributed by atoms with van der Waals surface area (Å²) in [5.74, 6) is 1.74. The molecule has 5 nitrogen and oxygen atoms in total. The van der Waals surface area contributed by atoms with E-state index in [-0.39, 0.29) is 0 Å². The highest BCUT2D eigenvalue weighted by atomic mass is 16.5. The molecular formula is C22H27N3O2. The Hall–Kier alpha value is -2.55. The van der Waals surface area contributed by atoms with Crippen LogP contribution in [-0.2, 0) is 6.54 Å². The fourth-order valence-electron chi connectivity index (χ4n) is 3.16. The summed E-state index contributed by atoms with van der Waals surface area (Å²) in [4.78, 5) is 4.83. The molecule has 0 spiro atoms. The van der Waals surface area contributed by atoms with Crippen LogP contribution < -0.4 is 9.47 Å². The van der Waals surface area contributed by atoms with Crippen LogP contribution in [0.5, 0.6) is 11.5 Å². The van der Waals surface area contributed by atoms with Gasteiger partial charge >= 0.3 is 0 Å². The smallest absolute Gasteiger partial charge is 0.122 e. The van der Waals surface area contributed by atoms with E-state index in [4.69, 9.17) is 14.7 Å². The van der Waals surface area contributed by atoms with Crippen LogP contribution in [-0.4, -0.2) is 55.7 Å². The quantitative estimate of drug-likeness (QED) is 0.639. The van der Waals surface area contributed by atoms with Crippen LogP contribution in [0.4, 0.5) is 0 Å². The van der Waals surface area contributed by atoms with Crippen LogP contribution in [0.15, 0.2) is 54.6 Å². The van der Waals surface area contributed by atoms with Gasteiger partial charge in [-0.2, -0.15) is 5.26 Å². The van der Waals surface area contributed by atoms with Crippen molar-refractivity contribution in [2.45, 2.75) is 13.0 Å². The molecule has 27 heavy (non-hydrogen) atoms. The minimum atomic E-state index is 0.527. The molecule has 0 aromatic heterocycles. The Balaban J connectivity index is 1.35. The summed E-state index contributed by atoms with van der Waals surface area (Å²) >= 11 is 0. The number of ether oxygens (including phenoxy) is 2. The van der Waals surface area contributed by atoms with Gasteiger partial charge in [0.15, 0.2) is 0 Å². The molecule has 0 unspecified atom stereocenters. The van der Waals surface area contributed by atoms with Crippen molar-refractivity contribution >= 4 is 0 Å². The number of rotatable bonds is 9.